The van der Waals surface area contributed by atoms with Gasteiger partial charge in [-0.1, -0.05) is 6.07 Å². The van der Waals surface area contributed by atoms with Gasteiger partial charge in [0.25, 0.3) is 0 Å². The maximum atomic E-state index is 11.4. The molecule has 1 aliphatic rings. The van der Waals surface area contributed by atoms with Crippen LogP contribution in [0.25, 0.3) is 0 Å². The van der Waals surface area contributed by atoms with Crippen molar-refractivity contribution in [3.05, 3.63) is 46.2 Å². The van der Waals surface area contributed by atoms with E-state index in [1.165, 1.54) is 4.88 Å². The lowest BCUT2D eigenvalue weighted by atomic mass is 10.1. The molecule has 0 unspecified atom stereocenters. The first kappa shape index (κ1) is 13.0. The molecule has 1 fully saturated rings. The van der Waals surface area contributed by atoms with Crippen molar-refractivity contribution in [1.82, 2.24) is 0 Å². The van der Waals surface area contributed by atoms with E-state index in [0.29, 0.717) is 11.7 Å². The Morgan fingerprint density at radius 3 is 2.80 bits per heavy atom. The van der Waals surface area contributed by atoms with Crippen LogP contribution in [-0.2, 0) is 6.54 Å². The third-order valence-electron chi connectivity index (χ3n) is 3.45. The van der Waals surface area contributed by atoms with Crippen molar-refractivity contribution in [2.75, 3.05) is 10.6 Å². The summed E-state index contributed by atoms with van der Waals surface area (Å²) in [5.41, 5.74) is 7.25. The van der Waals surface area contributed by atoms with Crippen LogP contribution >= 0.6 is 11.3 Å². The van der Waals surface area contributed by atoms with Crippen LogP contribution in [0.4, 0.5) is 11.4 Å². The van der Waals surface area contributed by atoms with Crippen LogP contribution in [0.1, 0.15) is 28.1 Å². The zero-order chi connectivity index (χ0) is 14.1. The van der Waals surface area contributed by atoms with Gasteiger partial charge in [-0.3, -0.25) is 0 Å². The lowest BCUT2D eigenvalue weighted by Crippen LogP contribution is -2.26. The molecule has 0 aliphatic heterocycles. The summed E-state index contributed by atoms with van der Waals surface area (Å²) in [6.45, 7) is 0.756. The Morgan fingerprint density at radius 1 is 1.40 bits per heavy atom. The number of nitrogen functional groups attached to an aromatic ring is 1. The number of nitrogens with zero attached hydrogens (tertiary/aromatic N) is 1. The largest absolute Gasteiger partial charge is 0.478 e. The fourth-order valence-electron chi connectivity index (χ4n) is 2.34. The highest BCUT2D eigenvalue weighted by Crippen LogP contribution is 2.36. The number of carboxylic acid groups (broad SMARTS) is 1. The quantitative estimate of drug-likeness (QED) is 0.829. The number of thiophene rings is 1. The van der Waals surface area contributed by atoms with Crippen molar-refractivity contribution in [3.63, 3.8) is 0 Å². The predicted molar refractivity (Wildman–Crippen MR) is 81.3 cm³/mol. The van der Waals surface area contributed by atoms with Gasteiger partial charge in [0.15, 0.2) is 0 Å². The lowest BCUT2D eigenvalue weighted by Gasteiger charge is -2.26. The number of hydrogen-bond acceptors (Lipinski definition) is 4. The van der Waals surface area contributed by atoms with Gasteiger partial charge in [0.2, 0.25) is 0 Å². The Morgan fingerprint density at radius 2 is 2.20 bits per heavy atom. The summed E-state index contributed by atoms with van der Waals surface area (Å²) in [6, 6.07) is 9.68. The van der Waals surface area contributed by atoms with Gasteiger partial charge in [0.05, 0.1) is 17.8 Å². The summed E-state index contributed by atoms with van der Waals surface area (Å²) in [6.07, 6.45) is 2.24. The Labute approximate surface area is 121 Å². The van der Waals surface area contributed by atoms with E-state index in [2.05, 4.69) is 11.0 Å². The molecular weight excluding hydrogens is 272 g/mol. The van der Waals surface area contributed by atoms with Crippen molar-refractivity contribution < 1.29 is 9.90 Å². The molecule has 1 aliphatic carbocycles. The van der Waals surface area contributed by atoms with Gasteiger partial charge < -0.3 is 15.7 Å². The monoisotopic (exact) mass is 288 g/mol. The SMILES string of the molecule is Nc1ccc(N(Cc2cccs2)C2CC2)c(C(=O)O)c1. The van der Waals surface area contributed by atoms with Crippen molar-refractivity contribution in [2.24, 2.45) is 0 Å². The fourth-order valence-corrected chi connectivity index (χ4v) is 3.05. The molecule has 1 aromatic carbocycles. The number of anilines is 2. The molecule has 0 radical (unpaired) electrons. The minimum absolute atomic E-state index is 0.286. The van der Waals surface area contributed by atoms with Crippen LogP contribution in [-0.4, -0.2) is 17.1 Å². The summed E-state index contributed by atoms with van der Waals surface area (Å²) in [4.78, 5) is 14.9. The molecule has 4 nitrogen and oxygen atoms in total. The normalized spacial score (nSPS) is 14.2. The van der Waals surface area contributed by atoms with E-state index in [-0.39, 0.29) is 5.56 Å². The van der Waals surface area contributed by atoms with E-state index in [4.69, 9.17) is 5.73 Å². The van der Waals surface area contributed by atoms with Gasteiger partial charge in [-0.15, -0.1) is 11.3 Å². The summed E-state index contributed by atoms with van der Waals surface area (Å²) in [7, 11) is 0. The molecule has 1 heterocycles. The standard InChI is InChI=1S/C15H16N2O2S/c16-10-3-6-14(13(8-10)15(18)19)17(11-4-5-11)9-12-2-1-7-20-12/h1-3,6-8,11H,4-5,9,16H2,(H,18,19). The lowest BCUT2D eigenvalue weighted by molar-refractivity contribution is 0.0697. The number of carboxylic acids is 1. The average molecular weight is 288 g/mol. The van der Waals surface area contributed by atoms with Crippen LogP contribution in [0.2, 0.25) is 0 Å². The van der Waals surface area contributed by atoms with Crippen LogP contribution in [0, 0.1) is 0 Å². The number of hydrogen-bond donors (Lipinski definition) is 2. The van der Waals surface area contributed by atoms with E-state index in [1.807, 2.05) is 17.5 Å². The highest BCUT2D eigenvalue weighted by Gasteiger charge is 2.31. The van der Waals surface area contributed by atoms with Crippen LogP contribution in [0.3, 0.4) is 0 Å². The maximum Gasteiger partial charge on any atom is 0.337 e. The van der Waals surface area contributed by atoms with Gasteiger partial charge in [-0.05, 0) is 42.5 Å². The summed E-state index contributed by atoms with van der Waals surface area (Å²) in [5, 5.41) is 11.4. The Bertz CT molecular complexity index is 621. The topological polar surface area (TPSA) is 66.6 Å². The number of rotatable bonds is 5. The number of nitrogens with two attached hydrogens (primary N) is 1. The minimum Gasteiger partial charge on any atom is -0.478 e. The summed E-state index contributed by atoms with van der Waals surface area (Å²) in [5.74, 6) is -0.927. The second-order valence-corrected chi connectivity index (χ2v) is 6.05. The number of carbonyl (C=O) groups is 1. The Kier molecular flexibility index (Phi) is 3.36. The molecule has 1 aromatic heterocycles. The Hall–Kier alpha value is -2.01. The van der Waals surface area contributed by atoms with Crippen LogP contribution < -0.4 is 10.6 Å². The molecule has 0 atom stereocenters. The first-order valence-corrected chi connectivity index (χ1v) is 7.45. The van der Waals surface area contributed by atoms with E-state index >= 15 is 0 Å². The molecule has 3 N–H and O–H groups in total. The second-order valence-electron chi connectivity index (χ2n) is 5.02. The summed E-state index contributed by atoms with van der Waals surface area (Å²) >= 11 is 1.69. The van der Waals surface area contributed by atoms with E-state index < -0.39 is 5.97 Å². The van der Waals surface area contributed by atoms with Crippen LogP contribution in [0.15, 0.2) is 35.7 Å². The van der Waals surface area contributed by atoms with Gasteiger partial charge in [-0.25, -0.2) is 4.79 Å². The average Bonchev–Trinajstić information content (AvgIpc) is 3.13. The number of aromatic carboxylic acids is 1. The Balaban J connectivity index is 1.97. The number of benzene rings is 1. The van der Waals surface area contributed by atoms with Crippen LogP contribution in [0.5, 0.6) is 0 Å². The summed E-state index contributed by atoms with van der Waals surface area (Å²) < 4.78 is 0. The third kappa shape index (κ3) is 2.63. The van der Waals surface area contributed by atoms with Gasteiger partial charge in [-0.2, -0.15) is 0 Å². The van der Waals surface area contributed by atoms with E-state index in [9.17, 15) is 9.90 Å². The fraction of sp³-hybridized carbons (Fsp3) is 0.267. The third-order valence-corrected chi connectivity index (χ3v) is 4.32. The van der Waals surface area contributed by atoms with E-state index in [0.717, 1.165) is 25.1 Å². The molecule has 2 aromatic rings. The zero-order valence-corrected chi connectivity index (χ0v) is 11.8. The molecule has 104 valence electrons. The molecular formula is C15H16N2O2S. The molecule has 5 heteroatoms. The van der Waals surface area contributed by atoms with Gasteiger partial charge >= 0.3 is 5.97 Å². The van der Waals surface area contributed by atoms with Gasteiger partial charge in [0, 0.05) is 16.6 Å². The van der Waals surface area contributed by atoms with Crippen molar-refractivity contribution in [3.8, 4) is 0 Å². The molecule has 0 amide bonds. The molecule has 1 saturated carbocycles. The van der Waals surface area contributed by atoms with Crippen molar-refractivity contribution in [1.29, 1.82) is 0 Å². The smallest absolute Gasteiger partial charge is 0.337 e. The molecule has 0 saturated heterocycles. The van der Waals surface area contributed by atoms with E-state index in [1.54, 1.807) is 23.5 Å². The first-order valence-electron chi connectivity index (χ1n) is 6.57. The van der Waals surface area contributed by atoms with Crippen molar-refractivity contribution >= 4 is 28.7 Å². The van der Waals surface area contributed by atoms with Gasteiger partial charge in [0.1, 0.15) is 0 Å². The molecule has 20 heavy (non-hydrogen) atoms. The highest BCUT2D eigenvalue weighted by molar-refractivity contribution is 7.09. The predicted octanol–water partition coefficient (Wildman–Crippen LogP) is 3.20. The molecule has 3 rings (SSSR count). The highest BCUT2D eigenvalue weighted by atomic mass is 32.1. The molecule has 0 spiro atoms. The maximum absolute atomic E-state index is 11.4. The molecule has 0 bridgehead atoms. The minimum atomic E-state index is -0.927. The zero-order valence-electron chi connectivity index (χ0n) is 11.0. The second kappa shape index (κ2) is 5.17. The van der Waals surface area contributed by atoms with Crippen molar-refractivity contribution in [2.45, 2.75) is 25.4 Å². The first-order chi connectivity index (χ1) is 9.65.